The van der Waals surface area contributed by atoms with Gasteiger partial charge in [0.2, 0.25) is 11.8 Å². The lowest BCUT2D eigenvalue weighted by atomic mass is 9.61. The fraction of sp³-hybridized carbons (Fsp3) is 0.700. The average Bonchev–Trinajstić information content (AvgIpc) is 2.22. The third-order valence-electron chi connectivity index (χ3n) is 3.20. The first-order chi connectivity index (χ1) is 7.83. The van der Waals surface area contributed by atoms with Crippen molar-refractivity contribution in [2.45, 2.75) is 32.7 Å². The molecule has 0 heterocycles. The molecule has 17 heavy (non-hydrogen) atoms. The van der Waals surface area contributed by atoms with Crippen LogP contribution >= 0.6 is 0 Å². The van der Waals surface area contributed by atoms with Crippen LogP contribution in [0.25, 0.3) is 0 Å². The smallest absolute Gasteiger partial charge is 0.239 e. The number of nitrogens with one attached hydrogen (secondary N) is 1. The van der Waals surface area contributed by atoms with Crippen molar-refractivity contribution in [2.75, 3.05) is 0 Å². The van der Waals surface area contributed by atoms with E-state index in [1.165, 1.54) is 6.92 Å². The molecule has 0 aromatic rings. The molecule has 6 N–H and O–H groups in total. The van der Waals surface area contributed by atoms with Crippen LogP contribution < -0.4 is 16.8 Å². The molecule has 1 fully saturated rings. The molecular weight excluding hydrogens is 224 g/mol. The van der Waals surface area contributed by atoms with E-state index in [1.54, 1.807) is 0 Å². The third kappa shape index (κ3) is 2.32. The quantitative estimate of drug-likeness (QED) is 0.221. The van der Waals surface area contributed by atoms with E-state index in [-0.39, 0.29) is 5.84 Å². The Morgan fingerprint density at radius 3 is 2.35 bits per heavy atom. The number of amides is 2. The molecular formula is C10H18N4O3. The molecule has 1 rings (SSSR count). The molecule has 0 bridgehead atoms. The Morgan fingerprint density at radius 1 is 1.47 bits per heavy atom. The first-order valence-corrected chi connectivity index (χ1v) is 5.41. The molecule has 96 valence electrons. The van der Waals surface area contributed by atoms with Gasteiger partial charge in [0.25, 0.3) is 0 Å². The number of hydrogen-bond donors (Lipinski definition) is 4. The van der Waals surface area contributed by atoms with Crippen molar-refractivity contribution in [2.24, 2.45) is 28.0 Å². The minimum absolute atomic E-state index is 0.121. The number of nitrogens with two attached hydrogens (primary N) is 2. The second kappa shape index (κ2) is 4.60. The van der Waals surface area contributed by atoms with E-state index in [1.807, 2.05) is 6.92 Å². The molecule has 0 aliphatic heterocycles. The van der Waals surface area contributed by atoms with Gasteiger partial charge in [0.15, 0.2) is 5.84 Å². The summed E-state index contributed by atoms with van der Waals surface area (Å²) in [6.07, 6.45) is 1.00. The lowest BCUT2D eigenvalue weighted by Gasteiger charge is -2.44. The van der Waals surface area contributed by atoms with Gasteiger partial charge in [-0.25, -0.2) is 0 Å². The van der Waals surface area contributed by atoms with Gasteiger partial charge in [-0.05, 0) is 25.7 Å². The van der Waals surface area contributed by atoms with E-state index in [0.29, 0.717) is 18.8 Å². The van der Waals surface area contributed by atoms with Crippen molar-refractivity contribution in [1.29, 1.82) is 0 Å². The summed E-state index contributed by atoms with van der Waals surface area (Å²) in [5, 5.41) is 14.1. The average molecular weight is 242 g/mol. The molecule has 1 saturated carbocycles. The summed E-state index contributed by atoms with van der Waals surface area (Å²) in [6, 6.07) is -0.776. The largest absolute Gasteiger partial charge is 0.409 e. The summed E-state index contributed by atoms with van der Waals surface area (Å²) in [4.78, 5) is 22.9. The Kier molecular flexibility index (Phi) is 3.59. The van der Waals surface area contributed by atoms with Crippen LogP contribution in [-0.4, -0.2) is 28.9 Å². The zero-order chi connectivity index (χ0) is 13.2. The summed E-state index contributed by atoms with van der Waals surface area (Å²) in [5.41, 5.74) is 9.61. The van der Waals surface area contributed by atoms with Crippen LogP contribution in [0.15, 0.2) is 5.16 Å². The molecule has 2 amide bonds. The van der Waals surface area contributed by atoms with Crippen LogP contribution in [0.3, 0.4) is 0 Å². The Hall–Kier alpha value is -1.79. The number of primary amides is 1. The predicted octanol–water partition coefficient (Wildman–Crippen LogP) is -0.861. The molecule has 7 nitrogen and oxygen atoms in total. The van der Waals surface area contributed by atoms with Crippen molar-refractivity contribution in [3.63, 3.8) is 0 Å². The van der Waals surface area contributed by atoms with Gasteiger partial charge in [-0.2, -0.15) is 0 Å². The van der Waals surface area contributed by atoms with E-state index in [0.717, 1.165) is 0 Å². The number of carbonyl (C=O) groups is 2. The van der Waals surface area contributed by atoms with Crippen LogP contribution in [0.5, 0.6) is 0 Å². The molecule has 0 radical (unpaired) electrons. The van der Waals surface area contributed by atoms with Crippen LogP contribution in [0.2, 0.25) is 0 Å². The summed E-state index contributed by atoms with van der Waals surface area (Å²) in [6.45, 7) is 3.45. The van der Waals surface area contributed by atoms with Gasteiger partial charge in [-0.1, -0.05) is 12.1 Å². The fourth-order valence-corrected chi connectivity index (χ4v) is 2.14. The first kappa shape index (κ1) is 13.3. The topological polar surface area (TPSA) is 131 Å². The van der Waals surface area contributed by atoms with Gasteiger partial charge >= 0.3 is 0 Å². The second-order valence-electron chi connectivity index (χ2n) is 4.68. The third-order valence-corrected chi connectivity index (χ3v) is 3.20. The number of amidine groups is 1. The Bertz CT molecular complexity index is 361. The lowest BCUT2D eigenvalue weighted by molar-refractivity contribution is -0.136. The van der Waals surface area contributed by atoms with Crippen molar-refractivity contribution in [3.8, 4) is 0 Å². The van der Waals surface area contributed by atoms with E-state index < -0.39 is 23.3 Å². The SMILES string of the molecule is CC1CC(C(=O)NC(C)C(N)=O)(C(N)=NO)C1. The van der Waals surface area contributed by atoms with Crippen molar-refractivity contribution >= 4 is 17.6 Å². The molecule has 1 atom stereocenters. The molecule has 0 aromatic carbocycles. The standard InChI is InChI=1S/C10H18N4O3/c1-5-3-10(4-5,8(12)14-17)9(16)13-6(2)7(11)15/h5-6,17H,3-4H2,1-2H3,(H2,11,15)(H2,12,14)(H,13,16). The van der Waals surface area contributed by atoms with Crippen LogP contribution in [0, 0.1) is 11.3 Å². The zero-order valence-corrected chi connectivity index (χ0v) is 9.93. The molecule has 0 aromatic heterocycles. The maximum atomic E-state index is 12.0. The molecule has 1 unspecified atom stereocenters. The van der Waals surface area contributed by atoms with E-state index in [2.05, 4.69) is 10.5 Å². The number of carbonyl (C=O) groups excluding carboxylic acids is 2. The van der Waals surface area contributed by atoms with Gasteiger partial charge in [-0.3, -0.25) is 9.59 Å². The monoisotopic (exact) mass is 242 g/mol. The lowest BCUT2D eigenvalue weighted by Crippen LogP contribution is -2.59. The van der Waals surface area contributed by atoms with Gasteiger partial charge in [0, 0.05) is 0 Å². The highest BCUT2D eigenvalue weighted by Crippen LogP contribution is 2.45. The summed E-state index contributed by atoms with van der Waals surface area (Å²) in [5.74, 6) is -0.840. The van der Waals surface area contributed by atoms with Crippen molar-refractivity contribution in [3.05, 3.63) is 0 Å². The number of nitrogens with zero attached hydrogens (tertiary/aromatic N) is 1. The normalized spacial score (nSPS) is 30.2. The molecule has 7 heteroatoms. The highest BCUT2D eigenvalue weighted by Gasteiger charge is 2.52. The van der Waals surface area contributed by atoms with Crippen LogP contribution in [0.1, 0.15) is 26.7 Å². The highest BCUT2D eigenvalue weighted by molar-refractivity contribution is 6.08. The number of hydrogen-bond acceptors (Lipinski definition) is 4. The molecule has 1 aliphatic carbocycles. The Morgan fingerprint density at radius 2 is 2.00 bits per heavy atom. The van der Waals surface area contributed by atoms with Gasteiger partial charge in [0.1, 0.15) is 11.5 Å². The van der Waals surface area contributed by atoms with Gasteiger partial charge in [-0.15, -0.1) is 0 Å². The molecule has 0 saturated heterocycles. The summed E-state index contributed by atoms with van der Waals surface area (Å²) < 4.78 is 0. The maximum absolute atomic E-state index is 12.0. The zero-order valence-electron chi connectivity index (χ0n) is 9.93. The predicted molar refractivity (Wildman–Crippen MR) is 61.0 cm³/mol. The summed E-state index contributed by atoms with van der Waals surface area (Å²) >= 11 is 0. The van der Waals surface area contributed by atoms with Crippen molar-refractivity contribution < 1.29 is 14.8 Å². The maximum Gasteiger partial charge on any atom is 0.239 e. The van der Waals surface area contributed by atoms with Crippen molar-refractivity contribution in [1.82, 2.24) is 5.32 Å². The Labute approximate surface area is 99.2 Å². The number of rotatable bonds is 4. The second-order valence-corrected chi connectivity index (χ2v) is 4.68. The molecule has 1 aliphatic rings. The highest BCUT2D eigenvalue weighted by atomic mass is 16.4. The van der Waals surface area contributed by atoms with E-state index in [4.69, 9.17) is 16.7 Å². The minimum atomic E-state index is -1.00. The number of oxime groups is 1. The van der Waals surface area contributed by atoms with Crippen LogP contribution in [-0.2, 0) is 9.59 Å². The summed E-state index contributed by atoms with van der Waals surface area (Å²) in [7, 11) is 0. The Balaban J connectivity index is 2.80. The first-order valence-electron chi connectivity index (χ1n) is 5.41. The van der Waals surface area contributed by atoms with E-state index >= 15 is 0 Å². The van der Waals surface area contributed by atoms with Gasteiger partial charge in [0.05, 0.1) is 0 Å². The fourth-order valence-electron chi connectivity index (χ4n) is 2.14. The van der Waals surface area contributed by atoms with Crippen LogP contribution in [0.4, 0.5) is 0 Å². The molecule has 0 spiro atoms. The van der Waals surface area contributed by atoms with Gasteiger partial charge < -0.3 is 22.0 Å². The minimum Gasteiger partial charge on any atom is -0.409 e. The van der Waals surface area contributed by atoms with E-state index in [9.17, 15) is 9.59 Å².